The van der Waals surface area contributed by atoms with Crippen molar-refractivity contribution >= 4 is 17.5 Å². The molecule has 0 spiro atoms. The summed E-state index contributed by atoms with van der Waals surface area (Å²) in [5, 5.41) is 6.84. The van der Waals surface area contributed by atoms with Gasteiger partial charge in [0, 0.05) is 17.1 Å². The Morgan fingerprint density at radius 1 is 1.26 bits per heavy atom. The third-order valence-corrected chi connectivity index (χ3v) is 4.32. The van der Waals surface area contributed by atoms with Crippen molar-refractivity contribution in [2.75, 3.05) is 6.54 Å². The first kappa shape index (κ1) is 18.2. The van der Waals surface area contributed by atoms with Crippen LogP contribution in [0.15, 0.2) is 18.2 Å². The summed E-state index contributed by atoms with van der Waals surface area (Å²) >= 11 is 5.80. The zero-order valence-electron chi connectivity index (χ0n) is 14.1. The van der Waals surface area contributed by atoms with Crippen molar-refractivity contribution in [3.05, 3.63) is 34.6 Å². The summed E-state index contributed by atoms with van der Waals surface area (Å²) in [5.74, 6) is -0.489. The van der Waals surface area contributed by atoms with Gasteiger partial charge in [-0.05, 0) is 55.0 Å². The molecular weight excluding hydrogens is 315 g/mol. The summed E-state index contributed by atoms with van der Waals surface area (Å²) in [5.41, 5.74) is 0.947. The van der Waals surface area contributed by atoms with Gasteiger partial charge in [-0.1, -0.05) is 32.4 Å². The molecule has 2 rings (SSSR count). The SMILES string of the molecule is CC(C)(C)CCN[C@H]1C[C@H](NC(=O)Cc2cc(F)cc(Cl)c2)C1. The Bertz CT molecular complexity index is 530. The van der Waals surface area contributed by atoms with E-state index >= 15 is 0 Å². The molecule has 128 valence electrons. The molecule has 5 heteroatoms. The molecule has 1 aromatic carbocycles. The zero-order valence-corrected chi connectivity index (χ0v) is 14.8. The highest BCUT2D eigenvalue weighted by atomic mass is 35.5. The lowest BCUT2D eigenvalue weighted by Gasteiger charge is -2.37. The van der Waals surface area contributed by atoms with Crippen LogP contribution in [0.4, 0.5) is 4.39 Å². The van der Waals surface area contributed by atoms with Crippen molar-refractivity contribution in [1.82, 2.24) is 10.6 Å². The van der Waals surface area contributed by atoms with E-state index in [0.717, 1.165) is 25.8 Å². The van der Waals surface area contributed by atoms with Crippen LogP contribution in [0.1, 0.15) is 45.6 Å². The van der Waals surface area contributed by atoms with E-state index < -0.39 is 5.82 Å². The second-order valence-electron chi connectivity index (χ2n) is 7.65. The maximum atomic E-state index is 13.2. The molecule has 0 radical (unpaired) electrons. The van der Waals surface area contributed by atoms with Crippen molar-refractivity contribution in [2.24, 2.45) is 5.41 Å². The number of rotatable bonds is 6. The van der Waals surface area contributed by atoms with Crippen LogP contribution in [0.3, 0.4) is 0 Å². The van der Waals surface area contributed by atoms with Gasteiger partial charge in [-0.2, -0.15) is 0 Å². The number of amides is 1. The fourth-order valence-electron chi connectivity index (χ4n) is 2.73. The molecule has 1 saturated carbocycles. The van der Waals surface area contributed by atoms with Crippen molar-refractivity contribution in [3.63, 3.8) is 0 Å². The first-order valence-electron chi connectivity index (χ1n) is 8.19. The number of benzene rings is 1. The quantitative estimate of drug-likeness (QED) is 0.829. The lowest BCUT2D eigenvalue weighted by molar-refractivity contribution is -0.121. The minimum absolute atomic E-state index is 0.0789. The standard InChI is InChI=1S/C18H26ClFN2O/c1-18(2,3)4-5-21-15-10-16(11-15)22-17(23)8-12-6-13(19)9-14(20)7-12/h6-7,9,15-16,21H,4-5,8,10-11H2,1-3H3,(H,22,23)/t15-,16-. The van der Waals surface area contributed by atoms with Crippen LogP contribution in [0.5, 0.6) is 0 Å². The predicted molar refractivity (Wildman–Crippen MR) is 92.1 cm³/mol. The monoisotopic (exact) mass is 340 g/mol. The molecule has 1 fully saturated rings. The van der Waals surface area contributed by atoms with E-state index in [0.29, 0.717) is 22.0 Å². The minimum Gasteiger partial charge on any atom is -0.353 e. The molecule has 0 atom stereocenters. The highest BCUT2D eigenvalue weighted by molar-refractivity contribution is 6.30. The van der Waals surface area contributed by atoms with Crippen molar-refractivity contribution in [2.45, 2.75) is 58.5 Å². The molecule has 1 aliphatic rings. The lowest BCUT2D eigenvalue weighted by Crippen LogP contribution is -2.53. The van der Waals surface area contributed by atoms with E-state index in [-0.39, 0.29) is 18.4 Å². The summed E-state index contributed by atoms with van der Waals surface area (Å²) in [6.07, 6.45) is 3.22. The third kappa shape index (κ3) is 6.48. The van der Waals surface area contributed by atoms with E-state index in [9.17, 15) is 9.18 Å². The highest BCUT2D eigenvalue weighted by Gasteiger charge is 2.29. The van der Waals surface area contributed by atoms with E-state index in [1.54, 1.807) is 6.07 Å². The highest BCUT2D eigenvalue weighted by Crippen LogP contribution is 2.22. The number of hydrogen-bond acceptors (Lipinski definition) is 2. The summed E-state index contributed by atoms with van der Waals surface area (Å²) < 4.78 is 13.2. The number of hydrogen-bond donors (Lipinski definition) is 2. The Kier molecular flexibility index (Phi) is 6.04. The molecule has 0 aliphatic heterocycles. The van der Waals surface area contributed by atoms with Crippen molar-refractivity contribution in [1.29, 1.82) is 0 Å². The Balaban J connectivity index is 1.66. The molecule has 0 unspecified atom stereocenters. The van der Waals surface area contributed by atoms with Gasteiger partial charge in [0.2, 0.25) is 5.91 Å². The molecule has 2 N–H and O–H groups in total. The first-order chi connectivity index (χ1) is 10.7. The predicted octanol–water partition coefficient (Wildman–Crippen LogP) is 3.69. The Morgan fingerprint density at radius 3 is 2.57 bits per heavy atom. The second-order valence-corrected chi connectivity index (χ2v) is 8.09. The lowest BCUT2D eigenvalue weighted by atomic mass is 9.85. The largest absolute Gasteiger partial charge is 0.353 e. The topological polar surface area (TPSA) is 41.1 Å². The van der Waals surface area contributed by atoms with Gasteiger partial charge >= 0.3 is 0 Å². The third-order valence-electron chi connectivity index (χ3n) is 4.10. The molecule has 3 nitrogen and oxygen atoms in total. The van der Waals surface area contributed by atoms with Gasteiger partial charge < -0.3 is 10.6 Å². The normalized spacial score (nSPS) is 20.9. The van der Waals surface area contributed by atoms with Gasteiger partial charge in [-0.3, -0.25) is 4.79 Å². The van der Waals surface area contributed by atoms with Gasteiger partial charge in [-0.15, -0.1) is 0 Å². The van der Waals surface area contributed by atoms with Gasteiger partial charge in [0.25, 0.3) is 0 Å². The van der Waals surface area contributed by atoms with Crippen LogP contribution >= 0.6 is 11.6 Å². The van der Waals surface area contributed by atoms with E-state index in [2.05, 4.69) is 31.4 Å². The van der Waals surface area contributed by atoms with Crippen LogP contribution in [0.2, 0.25) is 5.02 Å². The average Bonchev–Trinajstić information content (AvgIpc) is 2.32. The Morgan fingerprint density at radius 2 is 1.96 bits per heavy atom. The van der Waals surface area contributed by atoms with Crippen LogP contribution in [0.25, 0.3) is 0 Å². The minimum atomic E-state index is -0.410. The average molecular weight is 341 g/mol. The molecular formula is C18H26ClFN2O. The molecule has 1 aliphatic carbocycles. The molecule has 1 amide bonds. The van der Waals surface area contributed by atoms with Crippen LogP contribution < -0.4 is 10.6 Å². The van der Waals surface area contributed by atoms with Gasteiger partial charge in [0.15, 0.2) is 0 Å². The maximum absolute atomic E-state index is 13.2. The molecule has 1 aromatic rings. The fourth-order valence-corrected chi connectivity index (χ4v) is 2.98. The smallest absolute Gasteiger partial charge is 0.224 e. The first-order valence-corrected chi connectivity index (χ1v) is 8.57. The summed E-state index contributed by atoms with van der Waals surface area (Å²) in [4.78, 5) is 12.0. The van der Waals surface area contributed by atoms with E-state index in [4.69, 9.17) is 11.6 Å². The maximum Gasteiger partial charge on any atom is 0.224 e. The molecule has 0 heterocycles. The van der Waals surface area contributed by atoms with Crippen molar-refractivity contribution in [3.8, 4) is 0 Å². The number of nitrogens with one attached hydrogen (secondary N) is 2. The molecule has 0 bridgehead atoms. The number of carbonyl (C=O) groups is 1. The van der Waals surface area contributed by atoms with Gasteiger partial charge in [0.1, 0.15) is 5.82 Å². The summed E-state index contributed by atoms with van der Waals surface area (Å²) in [6.45, 7) is 7.71. The number of carbonyl (C=O) groups excluding carboxylic acids is 1. The molecule has 0 aromatic heterocycles. The van der Waals surface area contributed by atoms with Crippen molar-refractivity contribution < 1.29 is 9.18 Å². The Labute approximate surface area is 143 Å². The molecule has 0 saturated heterocycles. The van der Waals surface area contributed by atoms with E-state index in [1.807, 2.05) is 0 Å². The van der Waals surface area contributed by atoms with Crippen LogP contribution in [0, 0.1) is 11.2 Å². The Hall–Kier alpha value is -1.13. The fraction of sp³-hybridized carbons (Fsp3) is 0.611. The van der Waals surface area contributed by atoms with Gasteiger partial charge in [0.05, 0.1) is 6.42 Å². The summed E-state index contributed by atoms with van der Waals surface area (Å²) in [6, 6.07) is 4.93. The van der Waals surface area contributed by atoms with Crippen LogP contribution in [-0.2, 0) is 11.2 Å². The summed E-state index contributed by atoms with van der Waals surface area (Å²) in [7, 11) is 0. The van der Waals surface area contributed by atoms with E-state index in [1.165, 1.54) is 12.1 Å². The van der Waals surface area contributed by atoms with Crippen LogP contribution in [-0.4, -0.2) is 24.5 Å². The van der Waals surface area contributed by atoms with Gasteiger partial charge in [-0.25, -0.2) is 4.39 Å². The second kappa shape index (κ2) is 7.63. The molecule has 23 heavy (non-hydrogen) atoms. The number of halogens is 2. The zero-order chi connectivity index (χ0) is 17.0.